The number of nitrogens with one attached hydrogen (secondary N) is 1. The van der Waals surface area contributed by atoms with Crippen molar-refractivity contribution in [2.24, 2.45) is 0 Å². The monoisotopic (exact) mass is 169 g/mol. The van der Waals surface area contributed by atoms with Crippen LogP contribution in [0.2, 0.25) is 0 Å². The molecule has 0 aromatic carbocycles. The van der Waals surface area contributed by atoms with E-state index in [9.17, 15) is 0 Å². The third kappa shape index (κ3) is 7.80. The Balaban J connectivity index is 3.21. The van der Waals surface area contributed by atoms with Gasteiger partial charge in [0.05, 0.1) is 0 Å². The molecule has 0 aliphatic rings. The van der Waals surface area contributed by atoms with Crippen LogP contribution < -0.4 is 5.32 Å². The predicted octanol–water partition coefficient (Wildman–Crippen LogP) is 3.12. The first-order valence-corrected chi connectivity index (χ1v) is 5.19. The van der Waals surface area contributed by atoms with Crippen molar-refractivity contribution < 1.29 is 0 Å². The van der Waals surface area contributed by atoms with E-state index in [0.29, 0.717) is 6.04 Å². The van der Waals surface area contributed by atoms with E-state index in [4.69, 9.17) is 0 Å². The molecule has 72 valence electrons. The fourth-order valence-electron chi connectivity index (χ4n) is 1.08. The minimum atomic E-state index is 0.638. The van der Waals surface area contributed by atoms with E-state index in [2.05, 4.69) is 38.2 Å². The average molecular weight is 169 g/mol. The molecule has 0 bridgehead atoms. The molecule has 1 heteroatoms. The second-order valence-electron chi connectivity index (χ2n) is 3.32. The van der Waals surface area contributed by atoms with Crippen molar-refractivity contribution in [1.29, 1.82) is 0 Å². The van der Waals surface area contributed by atoms with Crippen molar-refractivity contribution >= 4 is 0 Å². The molecule has 0 aromatic heterocycles. The minimum absolute atomic E-state index is 0.638. The fraction of sp³-hybridized carbons (Fsp3) is 0.818. The Kier molecular flexibility index (Phi) is 8.57. The number of allylic oxidation sites excluding steroid dienone is 1. The molecule has 0 aromatic rings. The maximum atomic E-state index is 3.49. The highest BCUT2D eigenvalue weighted by Gasteiger charge is 1.95. The zero-order chi connectivity index (χ0) is 9.23. The van der Waals surface area contributed by atoms with Crippen LogP contribution in [0.3, 0.4) is 0 Å². The average Bonchev–Trinajstić information content (AvgIpc) is 2.06. The summed E-state index contributed by atoms with van der Waals surface area (Å²) >= 11 is 0. The Morgan fingerprint density at radius 1 is 1.25 bits per heavy atom. The highest BCUT2D eigenvalue weighted by atomic mass is 14.9. The largest absolute Gasteiger partial charge is 0.314 e. The summed E-state index contributed by atoms with van der Waals surface area (Å²) < 4.78 is 0. The lowest BCUT2D eigenvalue weighted by Crippen LogP contribution is -2.26. The van der Waals surface area contributed by atoms with Gasteiger partial charge in [0.25, 0.3) is 0 Å². The van der Waals surface area contributed by atoms with E-state index >= 15 is 0 Å². The molecule has 0 aliphatic carbocycles. The summed E-state index contributed by atoms with van der Waals surface area (Å²) in [6, 6.07) is 0.638. The van der Waals surface area contributed by atoms with Crippen molar-refractivity contribution in [3.8, 4) is 0 Å². The minimum Gasteiger partial charge on any atom is -0.314 e. The molecule has 0 aliphatic heterocycles. The lowest BCUT2D eigenvalue weighted by atomic mass is 10.2. The first kappa shape index (κ1) is 11.7. The Hall–Kier alpha value is -0.300. The first-order valence-electron chi connectivity index (χ1n) is 5.19. The van der Waals surface area contributed by atoms with Gasteiger partial charge in [0.15, 0.2) is 0 Å². The molecule has 0 radical (unpaired) electrons. The van der Waals surface area contributed by atoms with E-state index < -0.39 is 0 Å². The van der Waals surface area contributed by atoms with Gasteiger partial charge in [-0.25, -0.2) is 0 Å². The van der Waals surface area contributed by atoms with Crippen molar-refractivity contribution in [3.05, 3.63) is 12.2 Å². The fourth-order valence-corrected chi connectivity index (χ4v) is 1.08. The van der Waals surface area contributed by atoms with Crippen LogP contribution in [-0.4, -0.2) is 12.6 Å². The van der Waals surface area contributed by atoms with Crippen LogP contribution in [0.15, 0.2) is 12.2 Å². The smallest absolute Gasteiger partial charge is 0.00732 e. The van der Waals surface area contributed by atoms with Crippen LogP contribution in [0.25, 0.3) is 0 Å². The van der Waals surface area contributed by atoms with E-state index in [1.807, 2.05) is 0 Å². The summed E-state index contributed by atoms with van der Waals surface area (Å²) in [5.41, 5.74) is 0. The van der Waals surface area contributed by atoms with Crippen molar-refractivity contribution in [1.82, 2.24) is 5.32 Å². The van der Waals surface area contributed by atoms with Crippen molar-refractivity contribution in [3.63, 3.8) is 0 Å². The van der Waals surface area contributed by atoms with Crippen molar-refractivity contribution in [2.45, 2.75) is 52.5 Å². The van der Waals surface area contributed by atoms with Gasteiger partial charge in [-0.2, -0.15) is 0 Å². The first-order chi connectivity index (χ1) is 5.81. The summed E-state index contributed by atoms with van der Waals surface area (Å²) in [6.07, 6.45) is 9.40. The zero-order valence-corrected chi connectivity index (χ0v) is 8.77. The van der Waals surface area contributed by atoms with Gasteiger partial charge in [-0.1, -0.05) is 32.4 Å². The Morgan fingerprint density at radius 3 is 2.58 bits per heavy atom. The van der Waals surface area contributed by atoms with Crippen LogP contribution in [0.1, 0.15) is 46.5 Å². The second kappa shape index (κ2) is 8.79. The topological polar surface area (TPSA) is 12.0 Å². The molecule has 0 saturated carbocycles. The quantitative estimate of drug-likeness (QED) is 0.456. The standard InChI is InChI=1S/C11H23N/c1-4-6-8-9-11(3)12-10-7-5-2/h6,8,11-12H,4-5,7,9-10H2,1-3H3. The molecule has 12 heavy (non-hydrogen) atoms. The van der Waals surface area contributed by atoms with Gasteiger partial charge >= 0.3 is 0 Å². The molecule has 0 heterocycles. The van der Waals surface area contributed by atoms with E-state index in [0.717, 1.165) is 19.4 Å². The molecule has 0 rings (SSSR count). The Morgan fingerprint density at radius 2 is 2.00 bits per heavy atom. The van der Waals surface area contributed by atoms with E-state index in [1.165, 1.54) is 12.8 Å². The van der Waals surface area contributed by atoms with E-state index in [-0.39, 0.29) is 0 Å². The summed E-state index contributed by atoms with van der Waals surface area (Å²) in [5, 5.41) is 3.49. The highest BCUT2D eigenvalue weighted by Crippen LogP contribution is 1.94. The maximum Gasteiger partial charge on any atom is 0.00732 e. The lowest BCUT2D eigenvalue weighted by Gasteiger charge is -2.10. The van der Waals surface area contributed by atoms with Gasteiger partial charge < -0.3 is 5.32 Å². The molecule has 0 fully saturated rings. The zero-order valence-electron chi connectivity index (χ0n) is 8.77. The molecule has 0 amide bonds. The third-order valence-corrected chi connectivity index (χ3v) is 1.92. The molecule has 0 spiro atoms. The van der Waals surface area contributed by atoms with Crippen LogP contribution >= 0.6 is 0 Å². The molecule has 1 N–H and O–H groups in total. The summed E-state index contributed by atoms with van der Waals surface area (Å²) in [7, 11) is 0. The van der Waals surface area contributed by atoms with Crippen LogP contribution in [-0.2, 0) is 0 Å². The lowest BCUT2D eigenvalue weighted by molar-refractivity contribution is 0.537. The van der Waals surface area contributed by atoms with Gasteiger partial charge in [-0.15, -0.1) is 0 Å². The van der Waals surface area contributed by atoms with Crippen LogP contribution in [0.4, 0.5) is 0 Å². The second-order valence-corrected chi connectivity index (χ2v) is 3.32. The van der Waals surface area contributed by atoms with Gasteiger partial charge in [0, 0.05) is 6.04 Å². The summed E-state index contributed by atoms with van der Waals surface area (Å²) in [6.45, 7) is 7.81. The number of rotatable bonds is 7. The number of hydrogen-bond acceptors (Lipinski definition) is 1. The molecule has 1 atom stereocenters. The Bertz CT molecular complexity index is 108. The number of unbranched alkanes of at least 4 members (excludes halogenated alkanes) is 1. The van der Waals surface area contributed by atoms with Gasteiger partial charge in [0.2, 0.25) is 0 Å². The van der Waals surface area contributed by atoms with Gasteiger partial charge in [-0.3, -0.25) is 0 Å². The molecular weight excluding hydrogens is 146 g/mol. The highest BCUT2D eigenvalue weighted by molar-refractivity contribution is 4.83. The molecule has 0 saturated heterocycles. The SMILES string of the molecule is CCC=CCC(C)NCCCC. The maximum absolute atomic E-state index is 3.49. The predicted molar refractivity (Wildman–Crippen MR) is 56.4 cm³/mol. The van der Waals surface area contributed by atoms with E-state index in [1.54, 1.807) is 0 Å². The van der Waals surface area contributed by atoms with Gasteiger partial charge in [-0.05, 0) is 32.7 Å². The summed E-state index contributed by atoms with van der Waals surface area (Å²) in [4.78, 5) is 0. The Labute approximate surface area is 77.2 Å². The van der Waals surface area contributed by atoms with Crippen LogP contribution in [0, 0.1) is 0 Å². The van der Waals surface area contributed by atoms with Gasteiger partial charge in [0.1, 0.15) is 0 Å². The molecule has 1 unspecified atom stereocenters. The third-order valence-electron chi connectivity index (χ3n) is 1.92. The molecule has 1 nitrogen and oxygen atoms in total. The van der Waals surface area contributed by atoms with Crippen molar-refractivity contribution in [2.75, 3.05) is 6.54 Å². The molecular formula is C11H23N. The van der Waals surface area contributed by atoms with Crippen LogP contribution in [0.5, 0.6) is 0 Å². The number of hydrogen-bond donors (Lipinski definition) is 1. The summed E-state index contributed by atoms with van der Waals surface area (Å²) in [5.74, 6) is 0. The normalized spacial score (nSPS) is 13.9.